The van der Waals surface area contributed by atoms with Crippen molar-refractivity contribution in [3.05, 3.63) is 35.4 Å². The van der Waals surface area contributed by atoms with Gasteiger partial charge in [-0.2, -0.15) is 0 Å². The number of nitrogens with one attached hydrogen (secondary N) is 2. The number of fused-ring (bicyclic) bond motifs is 1. The fourth-order valence-electron chi connectivity index (χ4n) is 3.72. The predicted octanol–water partition coefficient (Wildman–Crippen LogP) is 2.96. The third-order valence-electron chi connectivity index (χ3n) is 5.10. The maximum absolute atomic E-state index is 12.7. The highest BCUT2D eigenvalue weighted by Crippen LogP contribution is 2.26. The van der Waals surface area contributed by atoms with E-state index in [1.54, 1.807) is 0 Å². The second-order valence-corrected chi connectivity index (χ2v) is 6.61. The van der Waals surface area contributed by atoms with Gasteiger partial charge in [0, 0.05) is 19.1 Å². The Hall–Kier alpha value is -1.35. The molecule has 0 spiro atoms. The number of benzene rings is 1. The number of amides is 1. The van der Waals surface area contributed by atoms with Crippen LogP contribution >= 0.6 is 0 Å². The van der Waals surface area contributed by atoms with Crippen LogP contribution in [0.4, 0.5) is 0 Å². The molecule has 3 atom stereocenters. The van der Waals surface area contributed by atoms with Crippen LogP contribution in [-0.4, -0.2) is 18.5 Å². The van der Waals surface area contributed by atoms with Gasteiger partial charge in [0.25, 0.3) is 0 Å². The molecule has 0 radical (unpaired) electrons. The van der Waals surface area contributed by atoms with Crippen molar-refractivity contribution in [1.82, 2.24) is 10.6 Å². The van der Waals surface area contributed by atoms with Crippen LogP contribution in [0.1, 0.15) is 56.1 Å². The Balaban J connectivity index is 1.71. The first-order chi connectivity index (χ1) is 10.3. The summed E-state index contributed by atoms with van der Waals surface area (Å²) in [6.45, 7) is 3.91. The number of hydrogen-bond donors (Lipinski definition) is 2. The van der Waals surface area contributed by atoms with Crippen LogP contribution in [0, 0.1) is 5.92 Å². The van der Waals surface area contributed by atoms with Crippen LogP contribution in [0.5, 0.6) is 0 Å². The molecule has 1 aromatic rings. The van der Waals surface area contributed by atoms with Crippen molar-refractivity contribution in [3.8, 4) is 0 Å². The van der Waals surface area contributed by atoms with Crippen molar-refractivity contribution >= 4 is 5.91 Å². The van der Waals surface area contributed by atoms with Gasteiger partial charge in [-0.3, -0.25) is 4.79 Å². The molecule has 1 aromatic carbocycles. The van der Waals surface area contributed by atoms with Crippen LogP contribution in [0.2, 0.25) is 0 Å². The van der Waals surface area contributed by atoms with E-state index in [0.29, 0.717) is 12.0 Å². The third kappa shape index (κ3) is 3.29. The molecule has 0 saturated heterocycles. The highest BCUT2D eigenvalue weighted by molar-refractivity contribution is 5.85. The molecule has 114 valence electrons. The van der Waals surface area contributed by atoms with E-state index in [-0.39, 0.29) is 11.8 Å². The molecule has 2 aliphatic rings. The Morgan fingerprint density at radius 1 is 1.19 bits per heavy atom. The van der Waals surface area contributed by atoms with Gasteiger partial charge in [-0.05, 0) is 29.9 Å². The van der Waals surface area contributed by atoms with Gasteiger partial charge in [0.15, 0.2) is 0 Å². The Labute approximate surface area is 127 Å². The van der Waals surface area contributed by atoms with Crippen LogP contribution in [-0.2, 0) is 11.3 Å². The molecular weight excluding hydrogens is 260 g/mol. The van der Waals surface area contributed by atoms with E-state index in [0.717, 1.165) is 19.5 Å². The topological polar surface area (TPSA) is 41.1 Å². The average molecular weight is 286 g/mol. The minimum atomic E-state index is -0.0367. The molecule has 1 aliphatic heterocycles. The molecule has 1 saturated carbocycles. The molecule has 1 aliphatic carbocycles. The Kier molecular flexibility index (Phi) is 4.59. The normalized spacial score (nSPS) is 29.3. The van der Waals surface area contributed by atoms with Crippen molar-refractivity contribution < 1.29 is 4.79 Å². The van der Waals surface area contributed by atoms with E-state index in [2.05, 4.69) is 29.7 Å². The first-order valence-electron chi connectivity index (χ1n) is 8.34. The Morgan fingerprint density at radius 3 is 2.90 bits per heavy atom. The van der Waals surface area contributed by atoms with Gasteiger partial charge in [-0.25, -0.2) is 0 Å². The molecule has 1 heterocycles. The zero-order valence-corrected chi connectivity index (χ0v) is 12.9. The van der Waals surface area contributed by atoms with Crippen molar-refractivity contribution in [2.24, 2.45) is 5.92 Å². The quantitative estimate of drug-likeness (QED) is 0.821. The lowest BCUT2D eigenvalue weighted by atomic mass is 9.89. The van der Waals surface area contributed by atoms with Gasteiger partial charge in [-0.15, -0.1) is 0 Å². The zero-order valence-electron chi connectivity index (χ0n) is 12.9. The van der Waals surface area contributed by atoms with Gasteiger partial charge in [0.05, 0.1) is 5.92 Å². The summed E-state index contributed by atoms with van der Waals surface area (Å²) in [6.07, 6.45) is 6.24. The molecule has 2 N–H and O–H groups in total. The van der Waals surface area contributed by atoms with Crippen LogP contribution in [0.25, 0.3) is 0 Å². The van der Waals surface area contributed by atoms with Crippen LogP contribution < -0.4 is 10.6 Å². The summed E-state index contributed by atoms with van der Waals surface area (Å²) >= 11 is 0. The standard InChI is InChI=1S/C18H26N2O/c1-13-7-3-2-4-10-17(13)20-18(21)16-12-19-11-14-8-5-6-9-15(14)16/h5-6,8-9,13,16-17,19H,2-4,7,10-12H2,1H3,(H,20,21). The monoisotopic (exact) mass is 286 g/mol. The summed E-state index contributed by atoms with van der Waals surface area (Å²) in [7, 11) is 0. The van der Waals surface area contributed by atoms with E-state index in [4.69, 9.17) is 0 Å². The van der Waals surface area contributed by atoms with Gasteiger partial charge < -0.3 is 10.6 Å². The Morgan fingerprint density at radius 2 is 2.00 bits per heavy atom. The molecular formula is C18H26N2O. The van der Waals surface area contributed by atoms with Crippen molar-refractivity contribution in [2.45, 2.75) is 57.5 Å². The number of hydrogen-bond acceptors (Lipinski definition) is 2. The summed E-state index contributed by atoms with van der Waals surface area (Å²) in [6, 6.07) is 8.67. The lowest BCUT2D eigenvalue weighted by Crippen LogP contribution is -2.45. The lowest BCUT2D eigenvalue weighted by Gasteiger charge is -2.29. The number of rotatable bonds is 2. The molecule has 3 heteroatoms. The molecule has 3 nitrogen and oxygen atoms in total. The van der Waals surface area contributed by atoms with Crippen molar-refractivity contribution in [3.63, 3.8) is 0 Å². The maximum Gasteiger partial charge on any atom is 0.229 e. The Bertz CT molecular complexity index is 500. The van der Waals surface area contributed by atoms with Crippen LogP contribution in [0.3, 0.4) is 0 Å². The SMILES string of the molecule is CC1CCCCCC1NC(=O)C1CNCc2ccccc21. The zero-order chi connectivity index (χ0) is 14.7. The molecule has 3 rings (SSSR count). The number of carbonyl (C=O) groups excluding carboxylic acids is 1. The van der Waals surface area contributed by atoms with E-state index >= 15 is 0 Å². The fourth-order valence-corrected chi connectivity index (χ4v) is 3.72. The summed E-state index contributed by atoms with van der Waals surface area (Å²) in [5.41, 5.74) is 2.47. The van der Waals surface area contributed by atoms with E-state index in [9.17, 15) is 4.79 Å². The van der Waals surface area contributed by atoms with Gasteiger partial charge in [0.2, 0.25) is 5.91 Å². The van der Waals surface area contributed by atoms with Gasteiger partial charge in [-0.1, -0.05) is 50.5 Å². The van der Waals surface area contributed by atoms with E-state index < -0.39 is 0 Å². The highest BCUT2D eigenvalue weighted by Gasteiger charge is 2.29. The minimum Gasteiger partial charge on any atom is -0.353 e. The number of carbonyl (C=O) groups is 1. The largest absolute Gasteiger partial charge is 0.353 e. The van der Waals surface area contributed by atoms with Crippen molar-refractivity contribution in [1.29, 1.82) is 0 Å². The second kappa shape index (κ2) is 6.61. The maximum atomic E-state index is 12.7. The molecule has 0 bridgehead atoms. The second-order valence-electron chi connectivity index (χ2n) is 6.61. The van der Waals surface area contributed by atoms with Gasteiger partial charge in [0.1, 0.15) is 0 Å². The van der Waals surface area contributed by atoms with E-state index in [1.807, 2.05) is 12.1 Å². The van der Waals surface area contributed by atoms with Crippen molar-refractivity contribution in [2.75, 3.05) is 6.54 Å². The first-order valence-corrected chi connectivity index (χ1v) is 8.34. The fraction of sp³-hybridized carbons (Fsp3) is 0.611. The molecule has 21 heavy (non-hydrogen) atoms. The lowest BCUT2D eigenvalue weighted by molar-refractivity contribution is -0.123. The minimum absolute atomic E-state index is 0.0367. The highest BCUT2D eigenvalue weighted by atomic mass is 16.2. The smallest absolute Gasteiger partial charge is 0.229 e. The van der Waals surface area contributed by atoms with Crippen LogP contribution in [0.15, 0.2) is 24.3 Å². The summed E-state index contributed by atoms with van der Waals surface area (Å²) in [5.74, 6) is 0.766. The predicted molar refractivity (Wildman–Crippen MR) is 85.1 cm³/mol. The molecule has 0 aromatic heterocycles. The van der Waals surface area contributed by atoms with Gasteiger partial charge >= 0.3 is 0 Å². The summed E-state index contributed by atoms with van der Waals surface area (Å²) in [5, 5.41) is 6.71. The third-order valence-corrected chi connectivity index (χ3v) is 5.10. The summed E-state index contributed by atoms with van der Waals surface area (Å²) < 4.78 is 0. The average Bonchev–Trinajstić information content (AvgIpc) is 2.71. The molecule has 1 fully saturated rings. The molecule has 3 unspecified atom stereocenters. The first kappa shape index (κ1) is 14.6. The summed E-state index contributed by atoms with van der Waals surface area (Å²) in [4.78, 5) is 12.7. The molecule has 1 amide bonds. The van der Waals surface area contributed by atoms with E-state index in [1.165, 1.54) is 36.8 Å².